The molecular weight excluding hydrogens is 222 g/mol. The minimum Gasteiger partial charge on any atom is -0.273 e. The van der Waals surface area contributed by atoms with Crippen molar-refractivity contribution < 1.29 is 8.42 Å². The fraction of sp³-hybridized carbons (Fsp3) is 0.333. The van der Waals surface area contributed by atoms with Crippen LogP contribution < -0.4 is 0 Å². The second-order valence-electron chi connectivity index (χ2n) is 4.67. The molecule has 0 aromatic heterocycles. The van der Waals surface area contributed by atoms with Gasteiger partial charge in [-0.25, -0.2) is 8.42 Å². The van der Waals surface area contributed by atoms with Crippen LogP contribution >= 0.6 is 0 Å². The van der Waals surface area contributed by atoms with E-state index >= 15 is 0 Å². The average Bonchev–Trinajstić information content (AvgIpc) is 2.61. The Morgan fingerprint density at radius 2 is 1.81 bits per heavy atom. The molecule has 0 fully saturated rings. The van der Waals surface area contributed by atoms with Crippen molar-refractivity contribution in [2.75, 3.05) is 6.54 Å². The molecule has 0 amide bonds. The number of sulfonamides is 1. The summed E-state index contributed by atoms with van der Waals surface area (Å²) in [5, 5.41) is 0. The number of benzene rings is 1. The lowest BCUT2D eigenvalue weighted by atomic mass is 9.96. The molecule has 0 saturated carbocycles. The number of rotatable bonds is 2. The molecule has 1 aromatic carbocycles. The van der Waals surface area contributed by atoms with E-state index in [0.717, 1.165) is 0 Å². The van der Waals surface area contributed by atoms with Crippen LogP contribution in [0, 0.1) is 5.41 Å². The highest BCUT2D eigenvalue weighted by Crippen LogP contribution is 2.29. The van der Waals surface area contributed by atoms with Gasteiger partial charge in [-0.1, -0.05) is 38.1 Å². The van der Waals surface area contributed by atoms with Gasteiger partial charge in [-0.05, 0) is 12.1 Å². The third-order valence-electron chi connectivity index (χ3n) is 2.61. The molecule has 1 aromatic rings. The molecule has 86 valence electrons. The minimum absolute atomic E-state index is 0.0815. The van der Waals surface area contributed by atoms with Crippen molar-refractivity contribution in [3.8, 4) is 0 Å². The van der Waals surface area contributed by atoms with Gasteiger partial charge in [-0.2, -0.15) is 0 Å². The van der Waals surface area contributed by atoms with Crippen molar-refractivity contribution >= 4 is 10.0 Å². The van der Waals surface area contributed by atoms with Gasteiger partial charge in [0.05, 0.1) is 4.90 Å². The van der Waals surface area contributed by atoms with Crippen molar-refractivity contribution in [2.45, 2.75) is 18.7 Å². The minimum atomic E-state index is -3.36. The van der Waals surface area contributed by atoms with Crippen LogP contribution in [-0.2, 0) is 10.0 Å². The topological polar surface area (TPSA) is 37.4 Å². The SMILES string of the molecule is CC1(C)C=CN(S(=O)(=O)c2ccccc2)C1. The zero-order valence-corrected chi connectivity index (χ0v) is 10.2. The Morgan fingerprint density at radius 1 is 1.19 bits per heavy atom. The molecule has 1 heterocycles. The van der Waals surface area contributed by atoms with Crippen LogP contribution in [0.3, 0.4) is 0 Å². The Labute approximate surface area is 96.4 Å². The largest absolute Gasteiger partial charge is 0.273 e. The first-order chi connectivity index (χ1) is 7.42. The maximum absolute atomic E-state index is 12.2. The highest BCUT2D eigenvalue weighted by atomic mass is 32.2. The Bertz CT molecular complexity index is 503. The first-order valence-corrected chi connectivity index (χ1v) is 6.62. The van der Waals surface area contributed by atoms with E-state index in [1.807, 2.05) is 26.0 Å². The third-order valence-corrected chi connectivity index (χ3v) is 4.34. The van der Waals surface area contributed by atoms with Gasteiger partial charge in [-0.3, -0.25) is 4.31 Å². The number of nitrogens with zero attached hydrogens (tertiary/aromatic N) is 1. The number of hydrogen-bond acceptors (Lipinski definition) is 2. The molecule has 0 saturated heterocycles. The fourth-order valence-electron chi connectivity index (χ4n) is 1.68. The van der Waals surface area contributed by atoms with E-state index in [9.17, 15) is 8.42 Å². The van der Waals surface area contributed by atoms with Gasteiger partial charge in [0.25, 0.3) is 10.0 Å². The molecule has 0 unspecified atom stereocenters. The first kappa shape index (κ1) is 11.2. The van der Waals surface area contributed by atoms with Crippen LogP contribution in [0.2, 0.25) is 0 Å². The second-order valence-corrected chi connectivity index (χ2v) is 6.56. The van der Waals surface area contributed by atoms with Gasteiger partial charge in [0.2, 0.25) is 0 Å². The summed E-state index contributed by atoms with van der Waals surface area (Å²) >= 11 is 0. The quantitative estimate of drug-likeness (QED) is 0.791. The van der Waals surface area contributed by atoms with Crippen molar-refractivity contribution in [2.24, 2.45) is 5.41 Å². The zero-order chi connectivity index (χ0) is 11.8. The monoisotopic (exact) mass is 237 g/mol. The second kappa shape index (κ2) is 3.63. The summed E-state index contributed by atoms with van der Waals surface area (Å²) in [6, 6.07) is 8.52. The smallest absolute Gasteiger partial charge is 0.263 e. The highest BCUT2D eigenvalue weighted by molar-refractivity contribution is 7.89. The lowest BCUT2D eigenvalue weighted by molar-refractivity contribution is 0.407. The summed E-state index contributed by atoms with van der Waals surface area (Å²) in [5.74, 6) is 0. The lowest BCUT2D eigenvalue weighted by Gasteiger charge is -2.21. The summed E-state index contributed by atoms with van der Waals surface area (Å²) in [7, 11) is -3.36. The molecule has 0 bridgehead atoms. The molecule has 0 aliphatic carbocycles. The van der Waals surface area contributed by atoms with Crippen molar-refractivity contribution in [3.63, 3.8) is 0 Å². The van der Waals surface area contributed by atoms with Gasteiger partial charge >= 0.3 is 0 Å². The van der Waals surface area contributed by atoms with E-state index < -0.39 is 10.0 Å². The fourth-order valence-corrected chi connectivity index (χ4v) is 3.18. The van der Waals surface area contributed by atoms with E-state index in [4.69, 9.17) is 0 Å². The summed E-state index contributed by atoms with van der Waals surface area (Å²) < 4.78 is 25.8. The zero-order valence-electron chi connectivity index (χ0n) is 9.42. The van der Waals surface area contributed by atoms with Gasteiger partial charge < -0.3 is 0 Å². The first-order valence-electron chi connectivity index (χ1n) is 5.18. The van der Waals surface area contributed by atoms with Crippen molar-refractivity contribution in [3.05, 3.63) is 42.6 Å². The molecule has 0 atom stereocenters. The van der Waals surface area contributed by atoms with Gasteiger partial charge in [0.15, 0.2) is 0 Å². The summed E-state index contributed by atoms with van der Waals surface area (Å²) in [5.41, 5.74) is -0.0815. The van der Waals surface area contributed by atoms with Crippen LogP contribution in [0.5, 0.6) is 0 Å². The van der Waals surface area contributed by atoms with Gasteiger partial charge in [0, 0.05) is 18.2 Å². The summed E-state index contributed by atoms with van der Waals surface area (Å²) in [6.45, 7) is 4.54. The molecule has 3 nitrogen and oxygen atoms in total. The van der Waals surface area contributed by atoms with E-state index in [2.05, 4.69) is 0 Å². The maximum atomic E-state index is 12.2. The lowest BCUT2D eigenvalue weighted by Crippen LogP contribution is -2.29. The predicted molar refractivity (Wildman–Crippen MR) is 63.3 cm³/mol. The normalized spacial score (nSPS) is 19.0. The van der Waals surface area contributed by atoms with Gasteiger partial charge in [0.1, 0.15) is 0 Å². The molecule has 4 heteroatoms. The summed E-state index contributed by atoms with van der Waals surface area (Å²) in [4.78, 5) is 0.345. The Hall–Kier alpha value is -1.29. The Balaban J connectivity index is 2.33. The standard InChI is InChI=1S/C12H15NO2S/c1-12(2)8-9-13(10-12)16(14,15)11-6-4-3-5-7-11/h3-9H,10H2,1-2H3. The predicted octanol–water partition coefficient (Wildman–Crippen LogP) is 2.23. The average molecular weight is 237 g/mol. The van der Waals surface area contributed by atoms with Crippen LogP contribution in [0.1, 0.15) is 13.8 Å². The molecule has 0 radical (unpaired) electrons. The highest BCUT2D eigenvalue weighted by Gasteiger charge is 2.31. The van der Waals surface area contributed by atoms with E-state index in [1.54, 1.807) is 30.5 Å². The van der Waals surface area contributed by atoms with Gasteiger partial charge in [-0.15, -0.1) is 0 Å². The molecule has 2 rings (SSSR count). The van der Waals surface area contributed by atoms with Crippen LogP contribution in [0.25, 0.3) is 0 Å². The Kier molecular flexibility index (Phi) is 2.54. The van der Waals surface area contributed by atoms with E-state index in [0.29, 0.717) is 11.4 Å². The van der Waals surface area contributed by atoms with Crippen molar-refractivity contribution in [1.82, 2.24) is 4.31 Å². The molecule has 1 aliphatic rings. The van der Waals surface area contributed by atoms with Crippen molar-refractivity contribution in [1.29, 1.82) is 0 Å². The third kappa shape index (κ3) is 1.97. The van der Waals surface area contributed by atoms with E-state index in [-0.39, 0.29) is 5.41 Å². The number of hydrogen-bond donors (Lipinski definition) is 0. The molecule has 0 spiro atoms. The van der Waals surface area contributed by atoms with E-state index in [1.165, 1.54) is 4.31 Å². The molecule has 1 aliphatic heterocycles. The Morgan fingerprint density at radius 3 is 2.31 bits per heavy atom. The van der Waals surface area contributed by atoms with Crippen LogP contribution in [0.4, 0.5) is 0 Å². The molecular formula is C12H15NO2S. The maximum Gasteiger partial charge on any atom is 0.263 e. The van der Waals surface area contributed by atoms with Crippen LogP contribution in [0.15, 0.2) is 47.5 Å². The molecule has 0 N–H and O–H groups in total. The summed E-state index contributed by atoms with van der Waals surface area (Å²) in [6.07, 6.45) is 3.58. The molecule has 16 heavy (non-hydrogen) atoms. The van der Waals surface area contributed by atoms with Crippen LogP contribution in [-0.4, -0.2) is 19.3 Å².